The smallest absolute Gasteiger partial charge is 0.142 e. The van der Waals surface area contributed by atoms with Crippen LogP contribution in [0.25, 0.3) is 0 Å². The molecule has 3 rings (SSSR count). The van der Waals surface area contributed by atoms with E-state index in [1.807, 2.05) is 18.2 Å². The average Bonchev–Trinajstić information content (AvgIpc) is 2.85. The molecule has 0 atom stereocenters. The van der Waals surface area contributed by atoms with E-state index in [4.69, 9.17) is 9.47 Å². The first kappa shape index (κ1) is 23.7. The van der Waals surface area contributed by atoms with Gasteiger partial charge in [0.15, 0.2) is 0 Å². The lowest BCUT2D eigenvalue weighted by Crippen LogP contribution is -2.05. The van der Waals surface area contributed by atoms with Crippen molar-refractivity contribution in [3.8, 4) is 11.5 Å². The molecular weight excluding hydrogens is 394 g/mol. The number of anilines is 1. The number of hydrogen-bond donors (Lipinski definition) is 1. The third-order valence-electron chi connectivity index (χ3n) is 5.52. The second-order valence-electron chi connectivity index (χ2n) is 8.19. The maximum atomic E-state index is 6.06. The zero-order valence-corrected chi connectivity index (χ0v) is 19.4. The van der Waals surface area contributed by atoms with Crippen molar-refractivity contribution in [3.05, 3.63) is 90.0 Å². The van der Waals surface area contributed by atoms with Crippen molar-refractivity contribution in [3.63, 3.8) is 0 Å². The van der Waals surface area contributed by atoms with Crippen molar-refractivity contribution in [2.24, 2.45) is 0 Å². The quantitative estimate of drug-likeness (QED) is 0.251. The number of ether oxygens (including phenoxy) is 2. The van der Waals surface area contributed by atoms with Crippen LogP contribution in [0.15, 0.2) is 78.9 Å². The van der Waals surface area contributed by atoms with Crippen molar-refractivity contribution >= 4 is 5.69 Å². The van der Waals surface area contributed by atoms with Gasteiger partial charge in [-0.05, 0) is 54.7 Å². The summed E-state index contributed by atoms with van der Waals surface area (Å²) >= 11 is 0. The third kappa shape index (κ3) is 8.66. The first-order chi connectivity index (χ1) is 15.8. The zero-order valence-electron chi connectivity index (χ0n) is 19.4. The van der Waals surface area contributed by atoms with Crippen LogP contribution in [0.2, 0.25) is 0 Å². The van der Waals surface area contributed by atoms with Gasteiger partial charge in [-0.3, -0.25) is 0 Å². The van der Waals surface area contributed by atoms with Crippen molar-refractivity contribution in [2.75, 3.05) is 18.5 Å². The molecule has 0 fully saturated rings. The summed E-state index contributed by atoms with van der Waals surface area (Å²) in [6.07, 6.45) is 8.32. The monoisotopic (exact) mass is 431 g/mol. The molecule has 3 aromatic carbocycles. The van der Waals surface area contributed by atoms with Crippen LogP contribution < -0.4 is 14.8 Å². The van der Waals surface area contributed by atoms with Crippen LogP contribution in [0.3, 0.4) is 0 Å². The van der Waals surface area contributed by atoms with Crippen molar-refractivity contribution < 1.29 is 9.47 Å². The minimum Gasteiger partial charge on any atom is -0.494 e. The third-order valence-corrected chi connectivity index (χ3v) is 5.52. The van der Waals surface area contributed by atoms with Gasteiger partial charge in [0.25, 0.3) is 0 Å². The number of unbranched alkanes of at least 4 members (excludes halogenated alkanes) is 4. The van der Waals surface area contributed by atoms with Gasteiger partial charge in [-0.2, -0.15) is 0 Å². The number of aryl methyl sites for hydroxylation is 1. The van der Waals surface area contributed by atoms with E-state index in [1.165, 1.54) is 36.8 Å². The molecule has 0 saturated heterocycles. The topological polar surface area (TPSA) is 30.5 Å². The van der Waals surface area contributed by atoms with Gasteiger partial charge in [-0.15, -0.1) is 0 Å². The lowest BCUT2D eigenvalue weighted by atomic mass is 10.1. The minimum absolute atomic E-state index is 0.706. The maximum Gasteiger partial charge on any atom is 0.142 e. The predicted molar refractivity (Wildman–Crippen MR) is 135 cm³/mol. The van der Waals surface area contributed by atoms with E-state index in [0.29, 0.717) is 6.61 Å². The van der Waals surface area contributed by atoms with Crippen LogP contribution in [0.1, 0.15) is 56.6 Å². The number of nitrogens with one attached hydrogen (secondary N) is 1. The van der Waals surface area contributed by atoms with Gasteiger partial charge < -0.3 is 14.8 Å². The second-order valence-corrected chi connectivity index (χ2v) is 8.19. The Balaban J connectivity index is 1.39. The van der Waals surface area contributed by atoms with Gasteiger partial charge in [0, 0.05) is 6.54 Å². The summed E-state index contributed by atoms with van der Waals surface area (Å²) in [6, 6.07) is 27.1. The molecular formula is C29H37NO2. The normalized spacial score (nSPS) is 10.7. The summed E-state index contributed by atoms with van der Waals surface area (Å²) < 4.78 is 11.9. The number of hydrogen-bond acceptors (Lipinski definition) is 3. The molecule has 3 nitrogen and oxygen atoms in total. The molecule has 170 valence electrons. The fraction of sp³-hybridized carbons (Fsp3) is 0.379. The van der Waals surface area contributed by atoms with Gasteiger partial charge in [0.1, 0.15) is 11.5 Å². The van der Waals surface area contributed by atoms with Gasteiger partial charge in [0.05, 0.1) is 18.9 Å². The predicted octanol–water partition coefficient (Wildman–Crippen LogP) is 7.66. The Morgan fingerprint density at radius 1 is 0.625 bits per heavy atom. The standard InChI is InChI=1S/C29H37NO2/c1-2-3-4-5-11-22-31-27-20-18-26(19-21-27)24-30-28-16-9-10-17-29(28)32-23-12-15-25-13-7-6-8-14-25/h6-10,13-14,16-21,30H,2-5,11-12,15,22-24H2,1H3. The molecule has 0 unspecified atom stereocenters. The van der Waals surface area contributed by atoms with Crippen LogP contribution in [0.4, 0.5) is 5.69 Å². The summed E-state index contributed by atoms with van der Waals surface area (Å²) in [5.74, 6) is 1.86. The molecule has 0 aliphatic rings. The molecule has 0 aromatic heterocycles. The Bertz CT molecular complexity index is 877. The summed E-state index contributed by atoms with van der Waals surface area (Å²) in [6.45, 7) is 4.50. The molecule has 3 aromatic rings. The van der Waals surface area contributed by atoms with Crippen molar-refractivity contribution in [2.45, 2.75) is 58.4 Å². The van der Waals surface area contributed by atoms with Gasteiger partial charge >= 0.3 is 0 Å². The van der Waals surface area contributed by atoms with E-state index in [2.05, 4.69) is 72.9 Å². The summed E-state index contributed by atoms with van der Waals surface area (Å²) in [4.78, 5) is 0. The lowest BCUT2D eigenvalue weighted by Gasteiger charge is -2.14. The first-order valence-corrected chi connectivity index (χ1v) is 12.1. The van der Waals surface area contributed by atoms with E-state index < -0.39 is 0 Å². The Kier molecular flexibility index (Phi) is 10.5. The Labute approximate surface area is 193 Å². The zero-order chi connectivity index (χ0) is 22.3. The highest BCUT2D eigenvalue weighted by molar-refractivity contribution is 5.56. The van der Waals surface area contributed by atoms with E-state index in [1.54, 1.807) is 0 Å². The van der Waals surface area contributed by atoms with Crippen LogP contribution in [0, 0.1) is 0 Å². The minimum atomic E-state index is 0.706. The molecule has 0 amide bonds. The lowest BCUT2D eigenvalue weighted by molar-refractivity contribution is 0.304. The first-order valence-electron chi connectivity index (χ1n) is 12.1. The molecule has 0 aliphatic carbocycles. The molecule has 0 heterocycles. The Hall–Kier alpha value is -2.94. The molecule has 1 N–H and O–H groups in total. The largest absolute Gasteiger partial charge is 0.494 e. The average molecular weight is 432 g/mol. The van der Waals surface area contributed by atoms with Crippen molar-refractivity contribution in [1.82, 2.24) is 0 Å². The number of rotatable bonds is 15. The number of benzene rings is 3. The molecule has 0 aliphatic heterocycles. The SMILES string of the molecule is CCCCCCCOc1ccc(CNc2ccccc2OCCCc2ccccc2)cc1. The van der Waals surface area contributed by atoms with E-state index in [0.717, 1.165) is 49.6 Å². The molecule has 0 radical (unpaired) electrons. The van der Waals surface area contributed by atoms with Crippen LogP contribution in [-0.2, 0) is 13.0 Å². The summed E-state index contributed by atoms with van der Waals surface area (Å²) in [5, 5.41) is 3.51. The van der Waals surface area contributed by atoms with Gasteiger partial charge in [0.2, 0.25) is 0 Å². The summed E-state index contributed by atoms with van der Waals surface area (Å²) in [5.41, 5.74) is 3.60. The molecule has 0 bridgehead atoms. The molecule has 0 spiro atoms. The van der Waals surface area contributed by atoms with Crippen LogP contribution in [-0.4, -0.2) is 13.2 Å². The second kappa shape index (κ2) is 14.2. The number of para-hydroxylation sites is 2. The summed E-state index contributed by atoms with van der Waals surface area (Å²) in [7, 11) is 0. The highest BCUT2D eigenvalue weighted by Crippen LogP contribution is 2.25. The van der Waals surface area contributed by atoms with Crippen LogP contribution >= 0.6 is 0 Å². The van der Waals surface area contributed by atoms with E-state index >= 15 is 0 Å². The van der Waals surface area contributed by atoms with E-state index in [-0.39, 0.29) is 0 Å². The highest BCUT2D eigenvalue weighted by Gasteiger charge is 2.04. The Morgan fingerprint density at radius 2 is 1.34 bits per heavy atom. The fourth-order valence-electron chi connectivity index (χ4n) is 3.64. The van der Waals surface area contributed by atoms with Gasteiger partial charge in [-0.1, -0.05) is 87.2 Å². The van der Waals surface area contributed by atoms with Crippen LogP contribution in [0.5, 0.6) is 11.5 Å². The Morgan fingerprint density at radius 3 is 2.16 bits per heavy atom. The molecule has 3 heteroatoms. The maximum absolute atomic E-state index is 6.06. The van der Waals surface area contributed by atoms with E-state index in [9.17, 15) is 0 Å². The van der Waals surface area contributed by atoms with Gasteiger partial charge in [-0.25, -0.2) is 0 Å². The highest BCUT2D eigenvalue weighted by atomic mass is 16.5. The fourth-order valence-corrected chi connectivity index (χ4v) is 3.64. The molecule has 0 saturated carbocycles. The molecule has 32 heavy (non-hydrogen) atoms. The van der Waals surface area contributed by atoms with Crippen molar-refractivity contribution in [1.29, 1.82) is 0 Å².